The third-order valence-electron chi connectivity index (χ3n) is 3.61. The van der Waals surface area contributed by atoms with Gasteiger partial charge in [-0.3, -0.25) is 0 Å². The van der Waals surface area contributed by atoms with Crippen molar-refractivity contribution in [1.29, 1.82) is 0 Å². The summed E-state index contributed by atoms with van der Waals surface area (Å²) in [4.78, 5) is 14.9. The van der Waals surface area contributed by atoms with Gasteiger partial charge in [-0.05, 0) is 45.3 Å². The van der Waals surface area contributed by atoms with E-state index in [4.69, 9.17) is 16.1 Å². The Labute approximate surface area is 134 Å². The molecule has 2 rings (SSSR count). The van der Waals surface area contributed by atoms with Gasteiger partial charge in [0.1, 0.15) is 11.6 Å². The fourth-order valence-electron chi connectivity index (χ4n) is 1.98. The van der Waals surface area contributed by atoms with Gasteiger partial charge in [0.2, 0.25) is 0 Å². The summed E-state index contributed by atoms with van der Waals surface area (Å²) in [7, 11) is 5.57. The van der Waals surface area contributed by atoms with E-state index in [1.807, 2.05) is 44.0 Å². The van der Waals surface area contributed by atoms with Crippen molar-refractivity contribution in [2.45, 2.75) is 13.0 Å². The summed E-state index contributed by atoms with van der Waals surface area (Å²) < 4.78 is 5.36. The van der Waals surface area contributed by atoms with Crippen molar-refractivity contribution in [2.75, 3.05) is 26.0 Å². The molecule has 0 aliphatic carbocycles. The van der Waals surface area contributed by atoms with Crippen LogP contribution in [0.4, 0.5) is 5.82 Å². The summed E-state index contributed by atoms with van der Waals surface area (Å²) >= 11 is 5.87. The van der Waals surface area contributed by atoms with E-state index in [1.165, 1.54) is 0 Å². The molecule has 2 aromatic rings. The van der Waals surface area contributed by atoms with Gasteiger partial charge in [-0.25, -0.2) is 4.79 Å². The van der Waals surface area contributed by atoms with Gasteiger partial charge in [0.15, 0.2) is 11.6 Å². The average Bonchev–Trinajstić information content (AvgIpc) is 2.98. The number of likely N-dealkylation sites (N-methyl/N-ethyl adjacent to an activating group) is 2. The third kappa shape index (κ3) is 3.39. The normalized spacial score (nSPS) is 12.1. The molecule has 1 aromatic heterocycles. The van der Waals surface area contributed by atoms with E-state index >= 15 is 0 Å². The number of aromatic nitrogens is 1. The molecule has 1 atom stereocenters. The molecule has 0 spiro atoms. The van der Waals surface area contributed by atoms with Gasteiger partial charge < -0.3 is 14.3 Å². The zero-order chi connectivity index (χ0) is 16.3. The van der Waals surface area contributed by atoms with E-state index in [1.54, 1.807) is 30.1 Å². The monoisotopic (exact) mass is 319 g/mol. The van der Waals surface area contributed by atoms with E-state index in [2.05, 4.69) is 5.16 Å². The van der Waals surface area contributed by atoms with Crippen LogP contribution in [0.1, 0.15) is 6.92 Å². The molecule has 0 aliphatic rings. The molecule has 1 unspecified atom stereocenters. The molecule has 0 amide bonds. The molecular weight excluding hydrogens is 302 g/mol. The van der Waals surface area contributed by atoms with E-state index in [-0.39, 0.29) is 6.04 Å². The van der Waals surface area contributed by atoms with Crippen LogP contribution >= 0.6 is 11.6 Å². The van der Waals surface area contributed by atoms with Crippen LogP contribution in [-0.4, -0.2) is 43.2 Å². The van der Waals surface area contributed by atoms with E-state index in [0.29, 0.717) is 22.3 Å². The summed E-state index contributed by atoms with van der Waals surface area (Å²) in [6, 6.07) is 8.97. The Hall–Kier alpha value is -2.07. The van der Waals surface area contributed by atoms with Crippen LogP contribution in [0.5, 0.6) is 0 Å². The maximum Gasteiger partial charge on any atom is 0.177 e. The van der Waals surface area contributed by atoms with Gasteiger partial charge in [0, 0.05) is 23.7 Å². The van der Waals surface area contributed by atoms with Crippen molar-refractivity contribution in [3.05, 3.63) is 41.1 Å². The standard InChI is InChI=1S/C16H18ClN3O2/c1-11(19(2)3)14(10-21)20(4)16-9-15(22-18-16)12-5-7-13(17)8-6-12/h5-9,11H,1-4H3. The number of hydrogen-bond donors (Lipinski definition) is 0. The zero-order valence-electron chi connectivity index (χ0n) is 13.0. The molecule has 5 nitrogen and oxygen atoms in total. The second kappa shape index (κ2) is 6.79. The van der Waals surface area contributed by atoms with Gasteiger partial charge in [0.25, 0.3) is 0 Å². The summed E-state index contributed by atoms with van der Waals surface area (Å²) in [5, 5.41) is 4.68. The maximum absolute atomic E-state index is 11.3. The fraction of sp³-hybridized carbons (Fsp3) is 0.312. The molecule has 0 radical (unpaired) electrons. The van der Waals surface area contributed by atoms with Crippen LogP contribution in [0.25, 0.3) is 11.3 Å². The first-order valence-corrected chi connectivity index (χ1v) is 7.19. The molecule has 0 aliphatic heterocycles. The van der Waals surface area contributed by atoms with Gasteiger partial charge in [0.05, 0.1) is 6.04 Å². The van der Waals surface area contributed by atoms with Crippen LogP contribution < -0.4 is 4.90 Å². The lowest BCUT2D eigenvalue weighted by atomic mass is 10.1. The molecule has 116 valence electrons. The second-order valence-electron chi connectivity index (χ2n) is 5.24. The number of halogens is 1. The van der Waals surface area contributed by atoms with E-state index in [9.17, 15) is 4.79 Å². The molecule has 0 N–H and O–H groups in total. The predicted octanol–water partition coefficient (Wildman–Crippen LogP) is 3.10. The Balaban J connectivity index is 2.27. The molecule has 6 heteroatoms. The summed E-state index contributed by atoms with van der Waals surface area (Å²) in [5.41, 5.74) is 1.36. The van der Waals surface area contributed by atoms with Crippen LogP contribution in [0.15, 0.2) is 40.6 Å². The maximum atomic E-state index is 11.3. The lowest BCUT2D eigenvalue weighted by Crippen LogP contribution is -2.35. The highest BCUT2D eigenvalue weighted by Crippen LogP contribution is 2.27. The number of hydrogen-bond acceptors (Lipinski definition) is 5. The van der Waals surface area contributed by atoms with Crippen LogP contribution in [0.3, 0.4) is 0 Å². The number of carbonyl (C=O) groups excluding carboxylic acids is 1. The van der Waals surface area contributed by atoms with Crippen LogP contribution in [0, 0.1) is 0 Å². The number of anilines is 1. The van der Waals surface area contributed by atoms with E-state index in [0.717, 1.165) is 5.56 Å². The second-order valence-corrected chi connectivity index (χ2v) is 5.68. The first-order chi connectivity index (χ1) is 10.4. The minimum Gasteiger partial charge on any atom is -0.354 e. The third-order valence-corrected chi connectivity index (χ3v) is 3.86. The van der Waals surface area contributed by atoms with Crippen LogP contribution in [-0.2, 0) is 4.79 Å². The largest absolute Gasteiger partial charge is 0.354 e. The first kappa shape index (κ1) is 16.3. The summed E-state index contributed by atoms with van der Waals surface area (Å²) in [6.07, 6.45) is 0. The lowest BCUT2D eigenvalue weighted by Gasteiger charge is -2.26. The molecule has 1 aromatic carbocycles. The van der Waals surface area contributed by atoms with Crippen molar-refractivity contribution < 1.29 is 9.32 Å². The van der Waals surface area contributed by atoms with Gasteiger partial charge in [-0.1, -0.05) is 16.8 Å². The summed E-state index contributed by atoms with van der Waals surface area (Å²) in [5.74, 6) is 3.15. The molecule has 1 heterocycles. The fourth-order valence-corrected chi connectivity index (χ4v) is 2.10. The van der Waals surface area contributed by atoms with Crippen molar-refractivity contribution >= 4 is 23.4 Å². The topological polar surface area (TPSA) is 49.6 Å². The Morgan fingerprint density at radius 2 is 1.91 bits per heavy atom. The minimum atomic E-state index is -0.0850. The van der Waals surface area contributed by atoms with Crippen molar-refractivity contribution in [1.82, 2.24) is 10.1 Å². The SMILES string of the molecule is CC(C(=C=O)N(C)c1cc(-c2ccc(Cl)cc2)on1)N(C)C. The Morgan fingerprint density at radius 3 is 2.45 bits per heavy atom. The first-order valence-electron chi connectivity index (χ1n) is 6.82. The zero-order valence-corrected chi connectivity index (χ0v) is 13.8. The van der Waals surface area contributed by atoms with Crippen molar-refractivity contribution in [2.24, 2.45) is 0 Å². The molecular formula is C16H18ClN3O2. The molecule has 0 fully saturated rings. The highest BCUT2D eigenvalue weighted by atomic mass is 35.5. The Kier molecular flexibility index (Phi) is 5.03. The smallest absolute Gasteiger partial charge is 0.177 e. The highest BCUT2D eigenvalue weighted by molar-refractivity contribution is 6.30. The van der Waals surface area contributed by atoms with E-state index < -0.39 is 0 Å². The highest BCUT2D eigenvalue weighted by Gasteiger charge is 2.20. The van der Waals surface area contributed by atoms with Gasteiger partial charge >= 0.3 is 0 Å². The van der Waals surface area contributed by atoms with Crippen molar-refractivity contribution in [3.63, 3.8) is 0 Å². The molecule has 0 bridgehead atoms. The summed E-state index contributed by atoms with van der Waals surface area (Å²) in [6.45, 7) is 1.93. The van der Waals surface area contributed by atoms with Crippen LogP contribution in [0.2, 0.25) is 5.02 Å². The van der Waals surface area contributed by atoms with Gasteiger partial charge in [-0.2, -0.15) is 0 Å². The Bertz CT molecular complexity index is 688. The quantitative estimate of drug-likeness (QED) is 0.793. The average molecular weight is 320 g/mol. The number of nitrogens with zero attached hydrogens (tertiary/aromatic N) is 3. The molecule has 0 saturated heterocycles. The van der Waals surface area contributed by atoms with Gasteiger partial charge in [-0.15, -0.1) is 0 Å². The minimum absolute atomic E-state index is 0.0850. The number of rotatable bonds is 5. The predicted molar refractivity (Wildman–Crippen MR) is 87.7 cm³/mol. The molecule has 22 heavy (non-hydrogen) atoms. The lowest BCUT2D eigenvalue weighted by molar-refractivity contribution is 0.346. The van der Waals surface area contributed by atoms with Crippen molar-refractivity contribution in [3.8, 4) is 11.3 Å². The molecule has 0 saturated carbocycles. The number of benzene rings is 1. The Morgan fingerprint density at radius 1 is 1.27 bits per heavy atom.